The molecule has 2 N–H and O–H groups in total. The molecule has 0 amide bonds. The van der Waals surface area contributed by atoms with Gasteiger partial charge in [-0.2, -0.15) is 4.98 Å². The minimum absolute atomic E-state index is 0.0857. The zero-order valence-electron chi connectivity index (χ0n) is 16.7. The third kappa shape index (κ3) is 3.08. The number of nitrogens with one attached hydrogen (secondary N) is 1. The van der Waals surface area contributed by atoms with Gasteiger partial charge in [-0.3, -0.25) is 4.79 Å². The van der Waals surface area contributed by atoms with E-state index in [0.717, 1.165) is 23.2 Å². The fraction of sp³-hybridized carbons (Fsp3) is 0.261. The molecule has 0 bridgehead atoms. The van der Waals surface area contributed by atoms with Crippen molar-refractivity contribution in [3.63, 3.8) is 0 Å². The summed E-state index contributed by atoms with van der Waals surface area (Å²) in [5.41, 5.74) is 2.93. The second-order valence-corrected chi connectivity index (χ2v) is 9.05. The summed E-state index contributed by atoms with van der Waals surface area (Å²) in [6, 6.07) is 13.9. The summed E-state index contributed by atoms with van der Waals surface area (Å²) in [6.07, 6.45) is 1.20. The van der Waals surface area contributed by atoms with Crippen molar-refractivity contribution in [3.05, 3.63) is 70.4 Å². The number of halogens is 1. The molecule has 2 aliphatic rings. The second-order valence-electron chi connectivity index (χ2n) is 8.64. The Morgan fingerprint density at radius 1 is 1.17 bits per heavy atom. The van der Waals surface area contributed by atoms with E-state index in [4.69, 9.17) is 21.7 Å². The molecular formula is C23H21ClN4O2. The Labute approximate surface area is 179 Å². The molecule has 0 spiro atoms. The predicted molar refractivity (Wildman–Crippen MR) is 115 cm³/mol. The summed E-state index contributed by atoms with van der Waals surface area (Å²) in [5.74, 6) is 1.27. The Morgan fingerprint density at radius 2 is 1.97 bits per heavy atom. The van der Waals surface area contributed by atoms with Crippen LogP contribution in [-0.4, -0.2) is 25.7 Å². The molecule has 0 fully saturated rings. The van der Waals surface area contributed by atoms with E-state index in [1.165, 1.54) is 0 Å². The standard InChI is InChI=1S/C23H21ClN4O2/c1-23(2)11-17-19(18(30)12-23)20(13-6-5-7-14(29)10-13)28-22(25-17)26-21(27-28)15-8-3-4-9-16(15)24/h3-10,20,29H,11-12H2,1-2H3,(H,25,26,27). The molecule has 0 saturated carbocycles. The Hall–Kier alpha value is -3.12. The maximum absolute atomic E-state index is 13.2. The molecule has 7 heteroatoms. The average Bonchev–Trinajstić information content (AvgIpc) is 3.09. The number of fused-ring (bicyclic) bond motifs is 1. The molecule has 0 radical (unpaired) electrons. The number of carbonyl (C=O) groups is 1. The Balaban J connectivity index is 1.71. The van der Waals surface area contributed by atoms with E-state index in [1.807, 2.05) is 24.3 Å². The van der Waals surface area contributed by atoms with Crippen LogP contribution in [0.25, 0.3) is 11.4 Å². The van der Waals surface area contributed by atoms with Gasteiger partial charge in [-0.15, -0.1) is 5.10 Å². The topological polar surface area (TPSA) is 80.0 Å². The molecule has 2 heterocycles. The number of ketones is 1. The summed E-state index contributed by atoms with van der Waals surface area (Å²) in [7, 11) is 0. The van der Waals surface area contributed by atoms with Crippen molar-refractivity contribution in [1.29, 1.82) is 0 Å². The van der Waals surface area contributed by atoms with Gasteiger partial charge in [-0.1, -0.05) is 49.7 Å². The number of aromatic nitrogens is 3. The molecule has 3 aromatic rings. The lowest BCUT2D eigenvalue weighted by molar-refractivity contribution is -0.118. The van der Waals surface area contributed by atoms with Crippen molar-refractivity contribution >= 4 is 23.3 Å². The Kier molecular flexibility index (Phi) is 4.22. The molecule has 1 aromatic heterocycles. The first-order valence-electron chi connectivity index (χ1n) is 9.86. The Morgan fingerprint density at radius 3 is 2.73 bits per heavy atom. The number of hydrogen-bond donors (Lipinski definition) is 2. The number of carbonyl (C=O) groups excluding carboxylic acids is 1. The molecule has 1 aliphatic heterocycles. The number of hydrogen-bond acceptors (Lipinski definition) is 5. The number of Topliss-reactive ketones (excluding diaryl/α,β-unsaturated/α-hetero) is 1. The molecule has 1 unspecified atom stereocenters. The van der Waals surface area contributed by atoms with E-state index in [-0.39, 0.29) is 16.9 Å². The lowest BCUT2D eigenvalue weighted by Gasteiger charge is -2.38. The molecular weight excluding hydrogens is 400 g/mol. The molecule has 6 nitrogen and oxygen atoms in total. The van der Waals surface area contributed by atoms with E-state index in [1.54, 1.807) is 28.9 Å². The maximum Gasteiger partial charge on any atom is 0.226 e. The monoisotopic (exact) mass is 420 g/mol. The van der Waals surface area contributed by atoms with Crippen molar-refractivity contribution < 1.29 is 9.90 Å². The van der Waals surface area contributed by atoms with E-state index in [2.05, 4.69) is 19.2 Å². The second kappa shape index (κ2) is 6.71. The lowest BCUT2D eigenvalue weighted by atomic mass is 9.73. The number of phenolic OH excluding ortho intramolecular Hbond substituents is 1. The highest BCUT2D eigenvalue weighted by molar-refractivity contribution is 6.33. The largest absolute Gasteiger partial charge is 0.508 e. The molecule has 1 atom stereocenters. The van der Waals surface area contributed by atoms with Crippen LogP contribution in [0.2, 0.25) is 5.02 Å². The van der Waals surface area contributed by atoms with Crippen LogP contribution in [0.15, 0.2) is 59.8 Å². The summed E-state index contributed by atoms with van der Waals surface area (Å²) in [5, 5.41) is 18.7. The van der Waals surface area contributed by atoms with Gasteiger partial charge in [0.1, 0.15) is 11.8 Å². The van der Waals surface area contributed by atoms with E-state index < -0.39 is 6.04 Å². The first-order chi connectivity index (χ1) is 14.3. The van der Waals surface area contributed by atoms with Crippen LogP contribution in [0, 0.1) is 5.41 Å². The highest BCUT2D eigenvalue weighted by Gasteiger charge is 2.42. The van der Waals surface area contributed by atoms with E-state index in [0.29, 0.717) is 28.8 Å². The fourth-order valence-electron chi connectivity index (χ4n) is 4.37. The molecule has 2 aromatic carbocycles. The van der Waals surface area contributed by atoms with Gasteiger partial charge < -0.3 is 10.4 Å². The van der Waals surface area contributed by atoms with Gasteiger partial charge in [0.25, 0.3) is 0 Å². The van der Waals surface area contributed by atoms with Crippen LogP contribution in [-0.2, 0) is 4.79 Å². The number of phenols is 1. The van der Waals surface area contributed by atoms with Crippen molar-refractivity contribution in [2.45, 2.75) is 32.7 Å². The molecule has 1 aliphatic carbocycles. The highest BCUT2D eigenvalue weighted by Crippen LogP contribution is 2.46. The van der Waals surface area contributed by atoms with Crippen molar-refractivity contribution in [1.82, 2.24) is 14.8 Å². The summed E-state index contributed by atoms with van der Waals surface area (Å²) >= 11 is 6.37. The number of rotatable bonds is 2. The van der Waals surface area contributed by atoms with Crippen LogP contribution in [0.5, 0.6) is 5.75 Å². The highest BCUT2D eigenvalue weighted by atomic mass is 35.5. The van der Waals surface area contributed by atoms with Gasteiger partial charge in [0, 0.05) is 23.3 Å². The van der Waals surface area contributed by atoms with Gasteiger partial charge in [0.05, 0.1) is 5.02 Å². The van der Waals surface area contributed by atoms with Crippen LogP contribution in [0.3, 0.4) is 0 Å². The predicted octanol–water partition coefficient (Wildman–Crippen LogP) is 4.96. The first kappa shape index (κ1) is 18.9. The zero-order valence-corrected chi connectivity index (χ0v) is 17.4. The molecule has 152 valence electrons. The fourth-order valence-corrected chi connectivity index (χ4v) is 4.59. The molecule has 5 rings (SSSR count). The first-order valence-corrected chi connectivity index (χ1v) is 10.2. The number of allylic oxidation sites excluding steroid dienone is 2. The molecule has 0 saturated heterocycles. The summed E-state index contributed by atoms with van der Waals surface area (Å²) in [6.45, 7) is 4.18. The number of aromatic hydroxyl groups is 1. The number of nitrogens with zero attached hydrogens (tertiary/aromatic N) is 3. The van der Waals surface area contributed by atoms with Crippen LogP contribution in [0.1, 0.15) is 38.3 Å². The lowest BCUT2D eigenvalue weighted by Crippen LogP contribution is -2.36. The third-order valence-corrected chi connectivity index (χ3v) is 5.96. The molecule has 30 heavy (non-hydrogen) atoms. The van der Waals surface area contributed by atoms with Crippen molar-refractivity contribution in [2.75, 3.05) is 5.32 Å². The van der Waals surface area contributed by atoms with Crippen LogP contribution >= 0.6 is 11.6 Å². The summed E-state index contributed by atoms with van der Waals surface area (Å²) in [4.78, 5) is 17.9. The minimum atomic E-state index is -0.462. The normalized spacial score (nSPS) is 19.8. The van der Waals surface area contributed by atoms with E-state index in [9.17, 15) is 9.90 Å². The van der Waals surface area contributed by atoms with Crippen LogP contribution < -0.4 is 5.32 Å². The van der Waals surface area contributed by atoms with Gasteiger partial charge in [-0.25, -0.2) is 4.68 Å². The summed E-state index contributed by atoms with van der Waals surface area (Å²) < 4.78 is 1.72. The number of benzene rings is 2. The minimum Gasteiger partial charge on any atom is -0.508 e. The van der Waals surface area contributed by atoms with Crippen molar-refractivity contribution in [2.24, 2.45) is 5.41 Å². The average molecular weight is 421 g/mol. The SMILES string of the molecule is CC1(C)CC(=O)C2=C(C1)Nc1nc(-c3ccccc3Cl)nn1C2c1cccc(O)c1. The Bertz CT molecular complexity index is 1210. The smallest absolute Gasteiger partial charge is 0.226 e. The number of anilines is 1. The zero-order chi connectivity index (χ0) is 21.0. The van der Waals surface area contributed by atoms with Crippen molar-refractivity contribution in [3.8, 4) is 17.1 Å². The van der Waals surface area contributed by atoms with Gasteiger partial charge in [-0.05, 0) is 41.7 Å². The third-order valence-electron chi connectivity index (χ3n) is 5.63. The van der Waals surface area contributed by atoms with E-state index >= 15 is 0 Å². The quantitative estimate of drug-likeness (QED) is 0.612. The van der Waals surface area contributed by atoms with Gasteiger partial charge in [0.2, 0.25) is 5.95 Å². The van der Waals surface area contributed by atoms with Gasteiger partial charge in [0.15, 0.2) is 11.6 Å². The van der Waals surface area contributed by atoms with Gasteiger partial charge >= 0.3 is 0 Å². The van der Waals surface area contributed by atoms with Crippen LogP contribution in [0.4, 0.5) is 5.95 Å². The maximum atomic E-state index is 13.2.